The number of aryl methyl sites for hydroxylation is 2. The van der Waals surface area contributed by atoms with E-state index in [1.165, 1.54) is 0 Å². The number of carbonyl (C=O) groups excluding carboxylic acids is 2. The Balaban J connectivity index is 1.73. The maximum atomic E-state index is 13.9. The Labute approximate surface area is 200 Å². The zero-order chi connectivity index (χ0) is 23.9. The summed E-state index contributed by atoms with van der Waals surface area (Å²) >= 11 is 0. The van der Waals surface area contributed by atoms with Crippen molar-refractivity contribution >= 4 is 24.8 Å². The predicted octanol–water partition coefficient (Wildman–Crippen LogP) is 2.84. The second-order valence-electron chi connectivity index (χ2n) is 8.86. The summed E-state index contributed by atoms with van der Waals surface area (Å²) in [6, 6.07) is 28.5. The van der Waals surface area contributed by atoms with E-state index < -0.39 is 19.0 Å². The van der Waals surface area contributed by atoms with Crippen LogP contribution in [0.1, 0.15) is 27.4 Å². The lowest BCUT2D eigenvalue weighted by atomic mass is 9.55. The van der Waals surface area contributed by atoms with Gasteiger partial charge in [0, 0.05) is 11.5 Å². The van der Waals surface area contributed by atoms with Crippen LogP contribution in [0.2, 0.25) is 5.82 Å². The molecule has 0 aliphatic heterocycles. The van der Waals surface area contributed by atoms with Crippen LogP contribution in [0, 0.1) is 0 Å². The predicted molar refractivity (Wildman–Crippen MR) is 135 cm³/mol. The van der Waals surface area contributed by atoms with Crippen molar-refractivity contribution in [1.82, 2.24) is 4.57 Å². The first-order valence-corrected chi connectivity index (χ1v) is 11.7. The molecule has 0 bridgehead atoms. The Morgan fingerprint density at radius 2 is 1.50 bits per heavy atom. The minimum atomic E-state index is -1.11. The molecule has 3 aromatic carbocycles. The highest BCUT2D eigenvalue weighted by Gasteiger charge is 2.34. The lowest BCUT2D eigenvalue weighted by Crippen LogP contribution is -2.52. The maximum absolute atomic E-state index is 13.9. The molecule has 4 rings (SSSR count). The van der Waals surface area contributed by atoms with Crippen LogP contribution in [0.3, 0.4) is 0 Å². The van der Waals surface area contributed by atoms with E-state index in [1.807, 2.05) is 127 Å². The number of nitrogens with zero attached hydrogens (tertiary/aromatic N) is 2. The molecule has 0 fully saturated rings. The lowest BCUT2D eigenvalue weighted by Gasteiger charge is -2.29. The molecule has 0 aliphatic rings. The summed E-state index contributed by atoms with van der Waals surface area (Å²) in [5.74, 6) is -1.59. The smallest absolute Gasteiger partial charge is 0.274 e. The fraction of sp³-hybridized carbons (Fsp3) is 0.179. The van der Waals surface area contributed by atoms with Gasteiger partial charge < -0.3 is 4.74 Å². The van der Waals surface area contributed by atoms with Gasteiger partial charge in [-0.25, -0.2) is 0 Å². The lowest BCUT2D eigenvalue weighted by molar-refractivity contribution is -0.653. The van der Waals surface area contributed by atoms with Crippen molar-refractivity contribution in [1.29, 1.82) is 0 Å². The summed E-state index contributed by atoms with van der Waals surface area (Å²) in [4.78, 5) is 27.5. The Kier molecular flexibility index (Phi) is 7.38. The molecule has 0 amide bonds. The Morgan fingerprint density at radius 3 is 2.09 bits per heavy atom. The number of rotatable bonds is 9. The van der Waals surface area contributed by atoms with E-state index in [1.54, 1.807) is 0 Å². The molecule has 4 aromatic rings. The molecule has 0 N–H and O–H groups in total. The molecular weight excluding hydrogens is 423 g/mol. The average molecular weight is 452 g/mol. The third-order valence-electron chi connectivity index (χ3n) is 6.70. The molecule has 5 nitrogen and oxygen atoms in total. The molecular formula is C28H29BN2O3. The number of ether oxygens (including phenoxy) is 1. The van der Waals surface area contributed by atoms with Crippen molar-refractivity contribution in [2.45, 2.75) is 18.3 Å². The van der Waals surface area contributed by atoms with Gasteiger partial charge in [0.05, 0.1) is 19.8 Å². The second kappa shape index (κ2) is 10.8. The van der Waals surface area contributed by atoms with E-state index >= 15 is 0 Å². The van der Waals surface area contributed by atoms with Gasteiger partial charge >= 0.3 is 0 Å². The number of esters is 1. The van der Waals surface area contributed by atoms with Crippen LogP contribution in [0.15, 0.2) is 103 Å². The van der Waals surface area contributed by atoms with E-state index in [-0.39, 0.29) is 18.4 Å². The number of benzene rings is 3. The van der Waals surface area contributed by atoms with Gasteiger partial charge in [-0.15, -0.1) is 0 Å². The highest BCUT2D eigenvalue weighted by molar-refractivity contribution is 6.57. The van der Waals surface area contributed by atoms with E-state index in [9.17, 15) is 9.59 Å². The largest absolute Gasteiger partial charge is 0.463 e. The molecule has 0 spiro atoms. The molecule has 172 valence electrons. The molecule has 0 aliphatic carbocycles. The molecule has 6 heteroatoms. The van der Waals surface area contributed by atoms with Gasteiger partial charge in [-0.2, -0.15) is 0 Å². The summed E-state index contributed by atoms with van der Waals surface area (Å²) in [5, 5.41) is 0. The molecule has 0 saturated carbocycles. The highest BCUT2D eigenvalue weighted by Crippen LogP contribution is 2.33. The van der Waals surface area contributed by atoms with Crippen molar-refractivity contribution in [2.24, 2.45) is 14.1 Å². The van der Waals surface area contributed by atoms with Gasteiger partial charge in [0.25, 0.3) is 5.97 Å². The zero-order valence-corrected chi connectivity index (χ0v) is 19.8. The van der Waals surface area contributed by atoms with Gasteiger partial charge in [0.1, 0.15) is 26.3 Å². The van der Waals surface area contributed by atoms with Gasteiger partial charge in [-0.3, -0.25) is 18.7 Å². The number of hydrogen-bond acceptors (Lipinski definition) is 3. The third-order valence-corrected chi connectivity index (χ3v) is 6.70. The van der Waals surface area contributed by atoms with Crippen molar-refractivity contribution in [3.8, 4) is 0 Å². The van der Waals surface area contributed by atoms with Gasteiger partial charge in [0.2, 0.25) is 0 Å². The van der Waals surface area contributed by atoms with E-state index in [0.717, 1.165) is 16.9 Å². The Bertz CT molecular complexity index is 1220. The number of hydrogen-bond donors (Lipinski definition) is 0. The average Bonchev–Trinajstić information content (AvgIpc) is 3.20. The summed E-state index contributed by atoms with van der Waals surface area (Å²) in [6.07, 6.45) is 3.95. The van der Waals surface area contributed by atoms with Crippen molar-refractivity contribution in [3.05, 3.63) is 120 Å². The molecule has 1 heterocycles. The van der Waals surface area contributed by atoms with E-state index in [2.05, 4.69) is 0 Å². The van der Waals surface area contributed by atoms with Crippen LogP contribution in [0.5, 0.6) is 0 Å². The Hall–Kier alpha value is -3.93. The standard InChI is InChI=1S/C28H29BN2O3/c1-30-18-19-31(2)28(30)29-25(27(33)34-20-21-12-6-3-7-13-21)24(22-14-8-4-9-15-22)26(32)23-16-10-5-11-17-23/h3-19,24-25H,20,29H2,1-2H3/t24-,25-/m0/s1. The second-order valence-corrected chi connectivity index (χ2v) is 8.86. The number of Topliss-reactive ketones (excluding diaryl/α,β-unsaturated/α-hetero) is 1. The minimum absolute atomic E-state index is 0.0610. The minimum Gasteiger partial charge on any atom is -0.463 e. The van der Waals surface area contributed by atoms with Crippen molar-refractivity contribution in [3.63, 3.8) is 0 Å². The van der Waals surface area contributed by atoms with Crippen LogP contribution in [-0.2, 0) is 30.2 Å². The van der Waals surface area contributed by atoms with Gasteiger partial charge in [0.15, 0.2) is 5.78 Å². The first-order valence-electron chi connectivity index (χ1n) is 11.7. The first-order chi connectivity index (χ1) is 16.5. The fourth-order valence-electron chi connectivity index (χ4n) is 4.74. The molecule has 1 aromatic heterocycles. The molecule has 0 radical (unpaired) electrons. The van der Waals surface area contributed by atoms with Crippen LogP contribution in [-0.4, -0.2) is 23.6 Å². The third kappa shape index (κ3) is 5.34. The quantitative estimate of drug-likeness (QED) is 0.170. The van der Waals surface area contributed by atoms with Gasteiger partial charge in [-0.1, -0.05) is 91.0 Å². The SMILES string of the molecule is Cn1cc[n+](C)c1[BH2-][C@H](C(=O)OCc1ccccc1)[C@@H](C(=O)c1ccccc1)c1ccccc1. The molecule has 0 unspecified atom stereocenters. The Morgan fingerprint density at radius 1 is 0.912 bits per heavy atom. The number of imidazole rings is 1. The van der Waals surface area contributed by atoms with Crippen molar-refractivity contribution in [2.75, 3.05) is 0 Å². The number of aromatic nitrogens is 2. The molecule has 2 atom stereocenters. The fourth-order valence-corrected chi connectivity index (χ4v) is 4.74. The van der Waals surface area contributed by atoms with Gasteiger partial charge in [-0.05, 0) is 16.9 Å². The monoisotopic (exact) mass is 452 g/mol. The van der Waals surface area contributed by atoms with Crippen LogP contribution in [0.25, 0.3) is 0 Å². The zero-order valence-electron chi connectivity index (χ0n) is 19.8. The van der Waals surface area contributed by atoms with Crippen LogP contribution < -0.4 is 10.3 Å². The normalized spacial score (nSPS) is 12.6. The summed E-state index contributed by atoms with van der Waals surface area (Å²) in [7, 11) is 2.84. The molecule has 0 saturated heterocycles. The molecule has 34 heavy (non-hydrogen) atoms. The topological polar surface area (TPSA) is 52.2 Å². The van der Waals surface area contributed by atoms with E-state index in [0.29, 0.717) is 5.56 Å². The first kappa shape index (κ1) is 23.2. The maximum Gasteiger partial charge on any atom is 0.274 e. The van der Waals surface area contributed by atoms with Crippen LogP contribution >= 0.6 is 0 Å². The summed E-state index contributed by atoms with van der Waals surface area (Å²) in [5.41, 5.74) is 3.41. The summed E-state index contributed by atoms with van der Waals surface area (Å²) < 4.78 is 9.90. The highest BCUT2D eigenvalue weighted by atomic mass is 16.5. The number of ketones is 1. The van der Waals surface area contributed by atoms with Crippen LogP contribution in [0.4, 0.5) is 0 Å². The summed E-state index contributed by atoms with van der Waals surface area (Å²) in [6.45, 7) is 0.183. The number of carbonyl (C=O) groups is 2. The van der Waals surface area contributed by atoms with Crippen molar-refractivity contribution < 1.29 is 18.9 Å². The van der Waals surface area contributed by atoms with E-state index in [4.69, 9.17) is 4.74 Å².